The highest BCUT2D eigenvalue weighted by atomic mass is 79.9. The first kappa shape index (κ1) is 22.0. The van der Waals surface area contributed by atoms with Gasteiger partial charge in [-0.25, -0.2) is 4.68 Å². The number of rotatable bonds is 5. The Bertz CT molecular complexity index is 1190. The molecule has 9 heteroatoms. The number of amides is 2. The van der Waals surface area contributed by atoms with Crippen LogP contribution < -0.4 is 16.4 Å². The molecule has 0 aliphatic rings. The van der Waals surface area contributed by atoms with E-state index in [1.807, 2.05) is 26.0 Å². The summed E-state index contributed by atoms with van der Waals surface area (Å²) in [6.45, 7) is 6.07. The van der Waals surface area contributed by atoms with Crippen LogP contribution in [0.2, 0.25) is 0 Å². The molecule has 0 unspecified atom stereocenters. The number of aryl methyl sites for hydroxylation is 3. The maximum absolute atomic E-state index is 12.6. The van der Waals surface area contributed by atoms with Crippen molar-refractivity contribution in [1.29, 1.82) is 0 Å². The molecular weight excluding hydrogens is 468 g/mol. The number of hydrogen-bond acceptors (Lipinski definition) is 5. The Morgan fingerprint density at radius 1 is 1.10 bits per heavy atom. The first-order chi connectivity index (χ1) is 14.3. The normalized spacial score (nSPS) is 10.8. The summed E-state index contributed by atoms with van der Waals surface area (Å²) in [5.74, 6) is -0.783. The van der Waals surface area contributed by atoms with Crippen molar-refractivity contribution in [1.82, 2.24) is 20.6 Å². The zero-order chi connectivity index (χ0) is 21.8. The highest BCUT2D eigenvalue weighted by Gasteiger charge is 2.17. The van der Waals surface area contributed by atoms with E-state index in [0.717, 1.165) is 20.5 Å². The lowest BCUT2D eigenvalue weighted by molar-refractivity contribution is -0.119. The molecule has 0 saturated carbocycles. The summed E-state index contributed by atoms with van der Waals surface area (Å²) in [7, 11) is 0. The number of nitrogens with zero attached hydrogens (tertiary/aromatic N) is 2. The Kier molecular flexibility index (Phi) is 6.94. The van der Waals surface area contributed by atoms with E-state index < -0.39 is 5.91 Å². The van der Waals surface area contributed by atoms with Crippen molar-refractivity contribution in [2.45, 2.75) is 32.2 Å². The second-order valence-corrected chi connectivity index (χ2v) is 8.54. The van der Waals surface area contributed by atoms with Crippen LogP contribution in [0.1, 0.15) is 28.5 Å². The number of thioether (sulfide) groups is 1. The van der Waals surface area contributed by atoms with Gasteiger partial charge < -0.3 is 0 Å². The van der Waals surface area contributed by atoms with E-state index in [9.17, 15) is 14.4 Å². The SMILES string of the molecule is CCn1nc(C(=O)NNC(=O)CSc2cc(C)c(Br)cc2C)c2ccccc2c1=O. The molecule has 0 aliphatic carbocycles. The lowest BCUT2D eigenvalue weighted by atomic mass is 10.1. The van der Waals surface area contributed by atoms with Crippen LogP contribution >= 0.6 is 27.7 Å². The quantitative estimate of drug-likeness (QED) is 0.424. The van der Waals surface area contributed by atoms with Gasteiger partial charge in [0.1, 0.15) is 0 Å². The molecule has 2 amide bonds. The molecule has 0 atom stereocenters. The number of benzene rings is 2. The van der Waals surface area contributed by atoms with Crippen molar-refractivity contribution in [3.63, 3.8) is 0 Å². The van der Waals surface area contributed by atoms with Gasteiger partial charge in [0, 0.05) is 21.3 Å². The third-order valence-electron chi connectivity index (χ3n) is 4.51. The first-order valence-corrected chi connectivity index (χ1v) is 11.1. The average Bonchev–Trinajstić information content (AvgIpc) is 2.74. The number of aromatic nitrogens is 2. The molecule has 2 N–H and O–H groups in total. The molecule has 0 aliphatic heterocycles. The predicted molar refractivity (Wildman–Crippen MR) is 122 cm³/mol. The van der Waals surface area contributed by atoms with E-state index in [2.05, 4.69) is 31.9 Å². The maximum atomic E-state index is 12.6. The zero-order valence-electron chi connectivity index (χ0n) is 16.8. The van der Waals surface area contributed by atoms with Gasteiger partial charge in [0.05, 0.1) is 11.1 Å². The smallest absolute Gasteiger partial charge is 0.272 e. The molecule has 1 aromatic heterocycles. The summed E-state index contributed by atoms with van der Waals surface area (Å²) in [6.07, 6.45) is 0. The van der Waals surface area contributed by atoms with Gasteiger partial charge in [0.2, 0.25) is 5.91 Å². The second kappa shape index (κ2) is 9.44. The van der Waals surface area contributed by atoms with Gasteiger partial charge in [0.15, 0.2) is 5.69 Å². The average molecular weight is 489 g/mol. The van der Waals surface area contributed by atoms with Crippen molar-refractivity contribution >= 4 is 50.3 Å². The molecule has 3 aromatic rings. The summed E-state index contributed by atoms with van der Waals surface area (Å²) in [5, 5.41) is 5.00. The molecule has 0 spiro atoms. The van der Waals surface area contributed by atoms with Gasteiger partial charge in [-0.1, -0.05) is 34.1 Å². The number of hydrazine groups is 1. The summed E-state index contributed by atoms with van der Waals surface area (Å²) >= 11 is 4.88. The Morgan fingerprint density at radius 3 is 2.50 bits per heavy atom. The van der Waals surface area contributed by atoms with Crippen LogP contribution in [-0.4, -0.2) is 27.3 Å². The van der Waals surface area contributed by atoms with Crippen LogP contribution in [0, 0.1) is 13.8 Å². The molecule has 0 bridgehead atoms. The minimum absolute atomic E-state index is 0.0828. The van der Waals surface area contributed by atoms with Gasteiger partial charge in [-0.2, -0.15) is 5.10 Å². The van der Waals surface area contributed by atoms with Gasteiger partial charge in [-0.15, -0.1) is 11.8 Å². The Hall–Kier alpha value is -2.65. The Balaban J connectivity index is 1.69. The summed E-state index contributed by atoms with van der Waals surface area (Å²) in [4.78, 5) is 38.2. The van der Waals surface area contributed by atoms with E-state index in [1.165, 1.54) is 16.4 Å². The fourth-order valence-electron chi connectivity index (χ4n) is 2.89. The molecule has 3 rings (SSSR count). The lowest BCUT2D eigenvalue weighted by Crippen LogP contribution is -2.43. The predicted octanol–water partition coefficient (Wildman–Crippen LogP) is 3.35. The maximum Gasteiger partial charge on any atom is 0.290 e. The lowest BCUT2D eigenvalue weighted by Gasteiger charge is -2.11. The number of carbonyl (C=O) groups is 2. The van der Waals surface area contributed by atoms with Crippen molar-refractivity contribution in [3.8, 4) is 0 Å². The third kappa shape index (κ3) is 4.73. The zero-order valence-corrected chi connectivity index (χ0v) is 19.2. The van der Waals surface area contributed by atoms with Crippen molar-refractivity contribution in [2.24, 2.45) is 0 Å². The molecular formula is C21H21BrN4O3S. The number of nitrogens with one attached hydrogen (secondary N) is 2. The fraction of sp³-hybridized carbons (Fsp3) is 0.238. The second-order valence-electron chi connectivity index (χ2n) is 6.67. The van der Waals surface area contributed by atoms with Gasteiger partial charge in [0.25, 0.3) is 11.5 Å². The van der Waals surface area contributed by atoms with E-state index in [0.29, 0.717) is 17.3 Å². The molecule has 0 saturated heterocycles. The van der Waals surface area contributed by atoms with Crippen molar-refractivity contribution in [2.75, 3.05) is 5.75 Å². The largest absolute Gasteiger partial charge is 0.290 e. The van der Waals surface area contributed by atoms with Crippen LogP contribution in [0.25, 0.3) is 10.8 Å². The molecule has 156 valence electrons. The molecule has 30 heavy (non-hydrogen) atoms. The molecule has 0 radical (unpaired) electrons. The first-order valence-electron chi connectivity index (χ1n) is 9.30. The van der Waals surface area contributed by atoms with Crippen LogP contribution in [0.15, 0.2) is 50.6 Å². The highest BCUT2D eigenvalue weighted by Crippen LogP contribution is 2.28. The number of carbonyl (C=O) groups excluding carboxylic acids is 2. The molecule has 2 aromatic carbocycles. The van der Waals surface area contributed by atoms with Crippen LogP contribution in [0.3, 0.4) is 0 Å². The Morgan fingerprint density at radius 2 is 1.80 bits per heavy atom. The Labute approximate surface area is 186 Å². The molecule has 0 fully saturated rings. The van der Waals surface area contributed by atoms with Gasteiger partial charge >= 0.3 is 0 Å². The van der Waals surface area contributed by atoms with E-state index >= 15 is 0 Å². The molecule has 1 heterocycles. The van der Waals surface area contributed by atoms with Crippen LogP contribution in [-0.2, 0) is 11.3 Å². The summed E-state index contributed by atoms with van der Waals surface area (Å²) < 4.78 is 2.25. The van der Waals surface area contributed by atoms with Gasteiger partial charge in [-0.05, 0) is 50.1 Å². The summed E-state index contributed by atoms with van der Waals surface area (Å²) in [5.41, 5.74) is 6.78. The van der Waals surface area contributed by atoms with E-state index in [4.69, 9.17) is 0 Å². The standard InChI is InChI=1S/C21H21BrN4O3S/c1-4-26-21(29)15-8-6-5-7-14(15)19(25-26)20(28)24-23-18(27)11-30-17-10-12(2)16(22)9-13(17)3/h5-10H,4,11H2,1-3H3,(H,23,27)(H,24,28). The third-order valence-corrected chi connectivity index (χ3v) is 6.52. The summed E-state index contributed by atoms with van der Waals surface area (Å²) in [6, 6.07) is 10.8. The minimum Gasteiger partial charge on any atom is -0.272 e. The van der Waals surface area contributed by atoms with E-state index in [-0.39, 0.29) is 22.9 Å². The van der Waals surface area contributed by atoms with Crippen molar-refractivity contribution < 1.29 is 9.59 Å². The topological polar surface area (TPSA) is 93.1 Å². The number of hydrogen-bond donors (Lipinski definition) is 2. The van der Waals surface area contributed by atoms with Gasteiger partial charge in [-0.3, -0.25) is 25.2 Å². The van der Waals surface area contributed by atoms with Crippen LogP contribution in [0.5, 0.6) is 0 Å². The minimum atomic E-state index is -0.581. The van der Waals surface area contributed by atoms with Crippen molar-refractivity contribution in [3.05, 3.63) is 68.0 Å². The van der Waals surface area contributed by atoms with Crippen LogP contribution in [0.4, 0.5) is 0 Å². The number of fused-ring (bicyclic) bond motifs is 1. The fourth-order valence-corrected chi connectivity index (χ4v) is 4.26. The number of halogens is 1. The molecule has 7 nitrogen and oxygen atoms in total. The monoisotopic (exact) mass is 488 g/mol. The van der Waals surface area contributed by atoms with E-state index in [1.54, 1.807) is 31.2 Å². The highest BCUT2D eigenvalue weighted by molar-refractivity contribution is 9.10.